The maximum atomic E-state index is 13.0. The highest BCUT2D eigenvalue weighted by atomic mass is 79.9. The predicted molar refractivity (Wildman–Crippen MR) is 140 cm³/mol. The van der Waals surface area contributed by atoms with Gasteiger partial charge < -0.3 is 19.1 Å². The zero-order valence-electron chi connectivity index (χ0n) is 19.6. The van der Waals surface area contributed by atoms with Crippen molar-refractivity contribution in [2.75, 3.05) is 26.9 Å². The first-order valence-electron chi connectivity index (χ1n) is 11.1. The van der Waals surface area contributed by atoms with Crippen LogP contribution in [-0.4, -0.2) is 42.9 Å². The highest BCUT2D eigenvalue weighted by Crippen LogP contribution is 2.45. The molecular formula is C26H27BrN2O4S. The molecule has 0 amide bonds. The second kappa shape index (κ2) is 10.7. The number of methoxy groups -OCH3 is 1. The van der Waals surface area contributed by atoms with Crippen LogP contribution in [-0.2, 0) is 9.53 Å². The fraction of sp³-hybridized carbons (Fsp3) is 0.308. The molecule has 0 spiro atoms. The van der Waals surface area contributed by atoms with E-state index in [0.29, 0.717) is 31.0 Å². The summed E-state index contributed by atoms with van der Waals surface area (Å²) < 4.78 is 17.3. The van der Waals surface area contributed by atoms with Gasteiger partial charge in [-0.05, 0) is 78.2 Å². The van der Waals surface area contributed by atoms with E-state index in [0.717, 1.165) is 37.2 Å². The van der Waals surface area contributed by atoms with Gasteiger partial charge in [-0.1, -0.05) is 30.0 Å². The van der Waals surface area contributed by atoms with E-state index >= 15 is 0 Å². The summed E-state index contributed by atoms with van der Waals surface area (Å²) in [4.78, 5) is 21.1. The number of thioether (sulfide) groups is 1. The fourth-order valence-electron chi connectivity index (χ4n) is 4.05. The Kier molecular flexibility index (Phi) is 7.68. The Balaban J connectivity index is 1.70. The van der Waals surface area contributed by atoms with E-state index in [4.69, 9.17) is 19.2 Å². The molecule has 0 N–H and O–H groups in total. The normalized spacial score (nSPS) is 18.6. The molecule has 0 bridgehead atoms. The van der Waals surface area contributed by atoms with Gasteiger partial charge in [0.1, 0.15) is 11.5 Å². The lowest BCUT2D eigenvalue weighted by Gasteiger charge is -2.34. The summed E-state index contributed by atoms with van der Waals surface area (Å²) in [6.45, 7) is 7.21. The van der Waals surface area contributed by atoms with E-state index in [1.165, 1.54) is 0 Å². The molecular weight excluding hydrogens is 516 g/mol. The summed E-state index contributed by atoms with van der Waals surface area (Å²) in [5.41, 5.74) is 3.31. The minimum atomic E-state index is -0.330. The SMILES string of the molecule is CCOC(=O)C1=C(C)N=C2S/C(=C\c3ccc(OC)c(Br)c3)CN2[C@@H]1c1ccc(OCC)cc1. The first kappa shape index (κ1) is 24.4. The van der Waals surface area contributed by atoms with Crippen LogP contribution < -0.4 is 9.47 Å². The lowest BCUT2D eigenvalue weighted by atomic mass is 9.94. The van der Waals surface area contributed by atoms with Crippen LogP contribution in [0.3, 0.4) is 0 Å². The van der Waals surface area contributed by atoms with Crippen molar-refractivity contribution in [2.45, 2.75) is 26.8 Å². The number of esters is 1. The standard InChI is InChI=1S/C26H27BrN2O4S/c1-5-32-19-10-8-18(9-11-19)24-23(25(30)33-6-2)16(3)28-26-29(24)15-20(34-26)13-17-7-12-22(31-4)21(27)14-17/h7-14,24H,5-6,15H2,1-4H3/b20-13-/t24-/m1/s1. The number of hydrogen-bond donors (Lipinski definition) is 0. The Morgan fingerprint density at radius 2 is 1.97 bits per heavy atom. The van der Waals surface area contributed by atoms with Crippen LogP contribution in [0.25, 0.3) is 6.08 Å². The lowest BCUT2D eigenvalue weighted by molar-refractivity contribution is -0.139. The molecule has 1 fully saturated rings. The second-order valence-electron chi connectivity index (χ2n) is 7.75. The predicted octanol–water partition coefficient (Wildman–Crippen LogP) is 6.19. The first-order valence-corrected chi connectivity index (χ1v) is 12.7. The Morgan fingerprint density at radius 3 is 2.62 bits per heavy atom. The number of allylic oxidation sites excluding steroid dienone is 1. The van der Waals surface area contributed by atoms with Crippen LogP contribution in [0, 0.1) is 0 Å². The van der Waals surface area contributed by atoms with Crippen LogP contribution in [0.2, 0.25) is 0 Å². The number of nitrogens with zero attached hydrogens (tertiary/aromatic N) is 2. The molecule has 0 unspecified atom stereocenters. The van der Waals surface area contributed by atoms with Crippen LogP contribution >= 0.6 is 27.7 Å². The van der Waals surface area contributed by atoms with Gasteiger partial charge in [-0.3, -0.25) is 0 Å². The number of ether oxygens (including phenoxy) is 3. The third-order valence-electron chi connectivity index (χ3n) is 5.54. The summed E-state index contributed by atoms with van der Waals surface area (Å²) in [6.07, 6.45) is 2.14. The summed E-state index contributed by atoms with van der Waals surface area (Å²) in [5, 5.41) is 0.878. The molecule has 2 heterocycles. The number of amidine groups is 1. The Labute approximate surface area is 212 Å². The molecule has 0 aliphatic carbocycles. The highest BCUT2D eigenvalue weighted by molar-refractivity contribution is 9.10. The van der Waals surface area contributed by atoms with Gasteiger partial charge in [-0.15, -0.1) is 0 Å². The van der Waals surface area contributed by atoms with E-state index in [-0.39, 0.29) is 12.0 Å². The van der Waals surface area contributed by atoms with Crippen molar-refractivity contribution >= 4 is 44.9 Å². The van der Waals surface area contributed by atoms with Gasteiger partial charge in [0, 0.05) is 4.91 Å². The highest BCUT2D eigenvalue weighted by Gasteiger charge is 2.40. The molecule has 8 heteroatoms. The van der Waals surface area contributed by atoms with Crippen LogP contribution in [0.15, 0.2) is 68.1 Å². The summed E-state index contributed by atoms with van der Waals surface area (Å²) >= 11 is 5.18. The number of fused-ring (bicyclic) bond motifs is 1. The third kappa shape index (κ3) is 5.03. The summed E-state index contributed by atoms with van der Waals surface area (Å²) in [7, 11) is 1.65. The van der Waals surface area contributed by atoms with Crippen molar-refractivity contribution in [3.05, 3.63) is 74.2 Å². The number of hydrogen-bond acceptors (Lipinski definition) is 7. The average Bonchev–Trinajstić information content (AvgIpc) is 3.21. The first-order chi connectivity index (χ1) is 16.4. The van der Waals surface area contributed by atoms with E-state index in [2.05, 4.69) is 26.9 Å². The third-order valence-corrected chi connectivity index (χ3v) is 7.18. The molecule has 178 valence electrons. The molecule has 1 saturated heterocycles. The monoisotopic (exact) mass is 542 g/mol. The van der Waals surface area contributed by atoms with Crippen LogP contribution in [0.4, 0.5) is 0 Å². The average molecular weight is 543 g/mol. The van der Waals surface area contributed by atoms with Crippen molar-refractivity contribution in [2.24, 2.45) is 4.99 Å². The van der Waals surface area contributed by atoms with Gasteiger partial charge in [0.05, 0.1) is 48.7 Å². The van der Waals surface area contributed by atoms with Crippen molar-refractivity contribution in [1.29, 1.82) is 0 Å². The van der Waals surface area contributed by atoms with Gasteiger partial charge in [-0.2, -0.15) is 0 Å². The molecule has 2 aliphatic heterocycles. The number of rotatable bonds is 7. The minimum Gasteiger partial charge on any atom is -0.496 e. The van der Waals surface area contributed by atoms with E-state index in [1.54, 1.807) is 18.9 Å². The minimum absolute atomic E-state index is 0.289. The molecule has 2 aliphatic rings. The fourth-order valence-corrected chi connectivity index (χ4v) is 5.71. The summed E-state index contributed by atoms with van der Waals surface area (Å²) in [6, 6.07) is 13.6. The van der Waals surface area contributed by atoms with Crippen molar-refractivity contribution in [1.82, 2.24) is 4.90 Å². The zero-order chi connectivity index (χ0) is 24.2. The molecule has 2 aromatic rings. The van der Waals surface area contributed by atoms with Gasteiger partial charge in [0.25, 0.3) is 0 Å². The number of aliphatic imine (C=N–C) groups is 1. The largest absolute Gasteiger partial charge is 0.496 e. The van der Waals surface area contributed by atoms with E-state index < -0.39 is 0 Å². The van der Waals surface area contributed by atoms with Crippen molar-refractivity contribution < 1.29 is 19.0 Å². The molecule has 2 aromatic carbocycles. The Hall–Kier alpha value is -2.71. The summed E-state index contributed by atoms with van der Waals surface area (Å²) in [5.74, 6) is 1.26. The Bertz CT molecular complexity index is 1170. The number of benzene rings is 2. The molecule has 0 aromatic heterocycles. The van der Waals surface area contributed by atoms with Crippen molar-refractivity contribution in [3.63, 3.8) is 0 Å². The molecule has 1 atom stereocenters. The van der Waals surface area contributed by atoms with E-state index in [9.17, 15) is 4.79 Å². The molecule has 0 radical (unpaired) electrons. The topological polar surface area (TPSA) is 60.4 Å². The molecule has 0 saturated carbocycles. The van der Waals surface area contributed by atoms with Crippen LogP contribution in [0.5, 0.6) is 11.5 Å². The maximum Gasteiger partial charge on any atom is 0.338 e. The quantitative estimate of drug-likeness (QED) is 0.388. The Morgan fingerprint density at radius 1 is 1.21 bits per heavy atom. The number of carbonyl (C=O) groups is 1. The molecule has 4 rings (SSSR count). The van der Waals surface area contributed by atoms with Gasteiger partial charge in [0.15, 0.2) is 5.17 Å². The molecule has 34 heavy (non-hydrogen) atoms. The number of halogens is 1. The zero-order valence-corrected chi connectivity index (χ0v) is 22.0. The lowest BCUT2D eigenvalue weighted by Crippen LogP contribution is -2.36. The van der Waals surface area contributed by atoms with Gasteiger partial charge >= 0.3 is 5.97 Å². The van der Waals surface area contributed by atoms with E-state index in [1.807, 2.05) is 63.2 Å². The second-order valence-corrected chi connectivity index (χ2v) is 9.70. The maximum absolute atomic E-state index is 13.0. The van der Waals surface area contributed by atoms with Crippen LogP contribution in [0.1, 0.15) is 37.9 Å². The van der Waals surface area contributed by atoms with Gasteiger partial charge in [0.2, 0.25) is 0 Å². The number of carbonyl (C=O) groups excluding carboxylic acids is 1. The van der Waals surface area contributed by atoms with Gasteiger partial charge in [-0.25, -0.2) is 9.79 Å². The van der Waals surface area contributed by atoms with Crippen molar-refractivity contribution in [3.8, 4) is 11.5 Å². The smallest absolute Gasteiger partial charge is 0.338 e. The molecule has 6 nitrogen and oxygen atoms in total.